The predicted molar refractivity (Wildman–Crippen MR) is 233 cm³/mol. The van der Waals surface area contributed by atoms with Gasteiger partial charge >= 0.3 is 17.9 Å². The minimum Gasteiger partial charge on any atom is -0.462 e. The van der Waals surface area contributed by atoms with Crippen molar-refractivity contribution in [2.75, 3.05) is 13.2 Å². The van der Waals surface area contributed by atoms with E-state index in [9.17, 15) is 14.4 Å². The molecule has 0 aromatic rings. The average Bonchev–Trinajstić information content (AvgIpc) is 3.17. The molecule has 0 rings (SSSR count). The van der Waals surface area contributed by atoms with E-state index in [2.05, 4.69) is 27.7 Å². The summed E-state index contributed by atoms with van der Waals surface area (Å²) in [5.74, 6) is -0.0341. The first-order chi connectivity index (χ1) is 26.9. The second-order valence-corrected chi connectivity index (χ2v) is 17.2. The summed E-state index contributed by atoms with van der Waals surface area (Å²) >= 11 is 0. The molecule has 0 aliphatic rings. The number of carbonyl (C=O) groups is 3. The van der Waals surface area contributed by atoms with Crippen molar-refractivity contribution in [1.82, 2.24) is 0 Å². The van der Waals surface area contributed by atoms with Gasteiger partial charge < -0.3 is 14.2 Å². The van der Waals surface area contributed by atoms with Crippen molar-refractivity contribution < 1.29 is 28.6 Å². The number of hydrogen-bond acceptors (Lipinski definition) is 6. The monoisotopic (exact) mass is 779 g/mol. The van der Waals surface area contributed by atoms with Crippen LogP contribution in [0.15, 0.2) is 0 Å². The van der Waals surface area contributed by atoms with Crippen LogP contribution in [0.5, 0.6) is 0 Å². The van der Waals surface area contributed by atoms with Crippen molar-refractivity contribution in [3.05, 3.63) is 0 Å². The van der Waals surface area contributed by atoms with Crippen molar-refractivity contribution in [3.63, 3.8) is 0 Å². The van der Waals surface area contributed by atoms with Gasteiger partial charge in [-0.05, 0) is 25.2 Å². The van der Waals surface area contributed by atoms with Crippen LogP contribution >= 0.6 is 0 Å². The second-order valence-electron chi connectivity index (χ2n) is 17.2. The van der Waals surface area contributed by atoms with Crippen LogP contribution in [0.4, 0.5) is 0 Å². The van der Waals surface area contributed by atoms with Gasteiger partial charge in [-0.25, -0.2) is 0 Å². The van der Waals surface area contributed by atoms with E-state index in [-0.39, 0.29) is 31.1 Å². The van der Waals surface area contributed by atoms with Crippen LogP contribution in [-0.2, 0) is 28.6 Å². The summed E-state index contributed by atoms with van der Waals surface area (Å²) in [7, 11) is 0. The van der Waals surface area contributed by atoms with Gasteiger partial charge in [-0.15, -0.1) is 0 Å². The Labute approximate surface area is 342 Å². The molecule has 0 aliphatic heterocycles. The van der Waals surface area contributed by atoms with Gasteiger partial charge in [0, 0.05) is 19.3 Å². The Kier molecular flexibility index (Phi) is 42.3. The minimum atomic E-state index is -0.759. The number of unbranched alkanes of at least 4 members (excludes halogenated alkanes) is 31. The highest BCUT2D eigenvalue weighted by Crippen LogP contribution is 2.16. The van der Waals surface area contributed by atoms with Crippen molar-refractivity contribution >= 4 is 17.9 Å². The largest absolute Gasteiger partial charge is 0.462 e. The molecule has 0 unspecified atom stereocenters. The predicted octanol–water partition coefficient (Wildman–Crippen LogP) is 15.5. The van der Waals surface area contributed by atoms with Crippen LogP contribution in [0.3, 0.4) is 0 Å². The highest BCUT2D eigenvalue weighted by Gasteiger charge is 2.19. The zero-order valence-electron chi connectivity index (χ0n) is 37.4. The molecule has 55 heavy (non-hydrogen) atoms. The Morgan fingerprint density at radius 1 is 0.345 bits per heavy atom. The zero-order valence-corrected chi connectivity index (χ0v) is 37.4. The average molecular weight is 779 g/mol. The van der Waals surface area contributed by atoms with E-state index in [4.69, 9.17) is 14.2 Å². The topological polar surface area (TPSA) is 78.9 Å². The van der Waals surface area contributed by atoms with Crippen molar-refractivity contribution in [3.8, 4) is 0 Å². The summed E-state index contributed by atoms with van der Waals surface area (Å²) < 4.78 is 16.7. The highest BCUT2D eigenvalue weighted by atomic mass is 16.6. The van der Waals surface area contributed by atoms with Gasteiger partial charge in [-0.1, -0.05) is 233 Å². The summed E-state index contributed by atoms with van der Waals surface area (Å²) in [4.78, 5) is 37.8. The quantitative estimate of drug-likeness (QED) is 0.0348. The highest BCUT2D eigenvalue weighted by molar-refractivity contribution is 5.71. The van der Waals surface area contributed by atoms with Gasteiger partial charge in [-0.3, -0.25) is 14.4 Å². The first-order valence-corrected chi connectivity index (χ1v) is 24.4. The Balaban J connectivity index is 4.31. The molecule has 6 heteroatoms. The van der Waals surface area contributed by atoms with Crippen LogP contribution in [0.1, 0.15) is 272 Å². The summed E-state index contributed by atoms with van der Waals surface area (Å²) in [6, 6.07) is 0. The Morgan fingerprint density at radius 3 is 0.891 bits per heavy atom. The van der Waals surface area contributed by atoms with E-state index >= 15 is 0 Å². The molecule has 0 aromatic carbocycles. The molecule has 0 bridgehead atoms. The van der Waals surface area contributed by atoms with Crippen LogP contribution in [0.25, 0.3) is 0 Å². The van der Waals surface area contributed by atoms with E-state index < -0.39 is 6.10 Å². The van der Waals surface area contributed by atoms with E-state index in [1.165, 1.54) is 167 Å². The van der Waals surface area contributed by atoms with Crippen molar-refractivity contribution in [2.24, 2.45) is 5.92 Å². The maximum Gasteiger partial charge on any atom is 0.306 e. The van der Waals surface area contributed by atoms with Gasteiger partial charge in [0.05, 0.1) is 0 Å². The number of carbonyl (C=O) groups excluding carboxylic acids is 3. The van der Waals surface area contributed by atoms with Gasteiger partial charge in [0.2, 0.25) is 0 Å². The van der Waals surface area contributed by atoms with Gasteiger partial charge in [0.1, 0.15) is 13.2 Å². The van der Waals surface area contributed by atoms with Gasteiger partial charge in [0.15, 0.2) is 6.10 Å². The normalized spacial score (nSPS) is 11.9. The molecule has 0 fully saturated rings. The maximum atomic E-state index is 12.7. The maximum absolute atomic E-state index is 12.7. The molecule has 0 N–H and O–H groups in total. The number of ether oxygens (including phenoxy) is 3. The third-order valence-electron chi connectivity index (χ3n) is 11.0. The van der Waals surface area contributed by atoms with E-state index in [0.29, 0.717) is 19.3 Å². The zero-order chi connectivity index (χ0) is 40.3. The Bertz CT molecular complexity index is 826. The second kappa shape index (κ2) is 43.5. The molecule has 326 valence electrons. The lowest BCUT2D eigenvalue weighted by molar-refractivity contribution is -0.167. The van der Waals surface area contributed by atoms with Crippen LogP contribution in [0, 0.1) is 5.92 Å². The number of rotatable bonds is 44. The van der Waals surface area contributed by atoms with E-state index in [1.807, 2.05) is 0 Å². The van der Waals surface area contributed by atoms with Crippen molar-refractivity contribution in [1.29, 1.82) is 0 Å². The van der Waals surface area contributed by atoms with Crippen LogP contribution < -0.4 is 0 Å². The van der Waals surface area contributed by atoms with Crippen LogP contribution in [0.2, 0.25) is 0 Å². The fourth-order valence-corrected chi connectivity index (χ4v) is 7.33. The van der Waals surface area contributed by atoms with Gasteiger partial charge in [0.25, 0.3) is 0 Å². The molecule has 0 saturated heterocycles. The summed E-state index contributed by atoms with van der Waals surface area (Å²) in [5, 5.41) is 0. The first-order valence-electron chi connectivity index (χ1n) is 24.4. The molecular weight excluding hydrogens is 685 g/mol. The summed E-state index contributed by atoms with van der Waals surface area (Å²) in [5.41, 5.74) is 0. The Hall–Kier alpha value is -1.59. The molecule has 1 atom stereocenters. The molecule has 0 saturated carbocycles. The van der Waals surface area contributed by atoms with E-state index in [0.717, 1.165) is 63.7 Å². The van der Waals surface area contributed by atoms with Crippen LogP contribution in [-0.4, -0.2) is 37.2 Å². The Morgan fingerprint density at radius 2 is 0.600 bits per heavy atom. The number of hydrogen-bond donors (Lipinski definition) is 0. The fraction of sp³-hybridized carbons (Fsp3) is 0.939. The molecule has 0 amide bonds. The molecule has 0 heterocycles. The lowest BCUT2D eigenvalue weighted by atomic mass is 10.0. The summed E-state index contributed by atoms with van der Waals surface area (Å²) in [6.45, 7) is 8.99. The molecule has 0 aliphatic carbocycles. The molecular formula is C49H94O6. The lowest BCUT2D eigenvalue weighted by Gasteiger charge is -2.18. The van der Waals surface area contributed by atoms with Crippen molar-refractivity contribution in [2.45, 2.75) is 278 Å². The van der Waals surface area contributed by atoms with Gasteiger partial charge in [-0.2, -0.15) is 0 Å². The molecule has 0 aromatic heterocycles. The summed E-state index contributed by atoms with van der Waals surface area (Å²) in [6.07, 6.45) is 43.7. The first kappa shape index (κ1) is 53.4. The minimum absolute atomic E-state index is 0.0633. The third-order valence-corrected chi connectivity index (χ3v) is 11.0. The molecule has 0 spiro atoms. The lowest BCUT2D eigenvalue weighted by Crippen LogP contribution is -2.30. The smallest absolute Gasteiger partial charge is 0.306 e. The fourth-order valence-electron chi connectivity index (χ4n) is 7.33. The molecule has 0 radical (unpaired) electrons. The molecule has 6 nitrogen and oxygen atoms in total. The third kappa shape index (κ3) is 43.4. The standard InChI is InChI=1S/C49H94O6/c1-5-7-9-11-13-15-17-18-19-20-25-29-33-37-41-48(51)54-44-46(43-53-47(50)40-36-32-28-24-16-14-12-10-8-6-2)55-49(52)42-38-34-30-26-22-21-23-27-31-35-39-45(3)4/h45-46H,5-44H2,1-4H3/t46-/m0/s1. The van der Waals surface area contributed by atoms with E-state index in [1.54, 1.807) is 0 Å². The number of esters is 3. The SMILES string of the molecule is CCCCCCCCCCCCCCCCC(=O)OC[C@H](COC(=O)CCCCCCCCCCCC)OC(=O)CCCCCCCCCCCCC(C)C.